The van der Waals surface area contributed by atoms with Crippen LogP contribution >= 0.6 is 0 Å². The number of ether oxygens (including phenoxy) is 1. The Balaban J connectivity index is 1.37. The van der Waals surface area contributed by atoms with Crippen LogP contribution in [0.5, 0.6) is 0 Å². The summed E-state index contributed by atoms with van der Waals surface area (Å²) >= 11 is 0. The number of carbonyl (C=O) groups is 3. The second-order valence-corrected chi connectivity index (χ2v) is 12.1. The third-order valence-corrected chi connectivity index (χ3v) is 7.45. The van der Waals surface area contributed by atoms with Crippen molar-refractivity contribution in [3.05, 3.63) is 64.0 Å². The summed E-state index contributed by atoms with van der Waals surface area (Å²) in [5.41, 5.74) is 0.798. The molecule has 0 saturated heterocycles. The van der Waals surface area contributed by atoms with Gasteiger partial charge in [0, 0.05) is 37.8 Å². The number of anilines is 1. The van der Waals surface area contributed by atoms with E-state index in [1.54, 1.807) is 20.8 Å². The van der Waals surface area contributed by atoms with Crippen molar-refractivity contribution in [2.75, 3.05) is 31.5 Å². The van der Waals surface area contributed by atoms with Crippen LogP contribution in [0, 0.1) is 28.4 Å². The summed E-state index contributed by atoms with van der Waals surface area (Å²) in [4.78, 5) is 43.8. The molecule has 3 N–H and O–H groups in total. The smallest absolute Gasteiger partial charge is 0.410 e. The monoisotopic (exact) mass is 588 g/mol. The molecule has 2 aliphatic heterocycles. The van der Waals surface area contributed by atoms with Gasteiger partial charge in [0.05, 0.1) is 16.8 Å². The number of hydrogen-bond acceptors (Lipinski definition) is 8. The van der Waals surface area contributed by atoms with E-state index in [9.17, 15) is 36.8 Å². The average molecular weight is 589 g/mol. The Labute approximate surface area is 234 Å². The minimum Gasteiger partial charge on any atom is -0.443 e. The number of benzene rings is 1. The molecule has 41 heavy (non-hydrogen) atoms. The number of aromatic nitrogens is 1. The molecule has 0 spiro atoms. The Morgan fingerprint density at radius 2 is 1.71 bits per heavy atom. The molecule has 0 aliphatic carbocycles. The van der Waals surface area contributed by atoms with Gasteiger partial charge in [-0.25, -0.2) is 27.1 Å². The van der Waals surface area contributed by atoms with Gasteiger partial charge in [0.15, 0.2) is 11.6 Å². The van der Waals surface area contributed by atoms with Crippen LogP contribution in [-0.4, -0.2) is 67.3 Å². The molecule has 4 rings (SSSR count). The van der Waals surface area contributed by atoms with Gasteiger partial charge in [0.1, 0.15) is 23.3 Å². The first-order chi connectivity index (χ1) is 19.1. The van der Waals surface area contributed by atoms with Crippen molar-refractivity contribution < 1.29 is 36.3 Å². The van der Waals surface area contributed by atoms with Gasteiger partial charge in [0.2, 0.25) is 15.9 Å². The predicted molar refractivity (Wildman–Crippen MR) is 139 cm³/mol. The lowest BCUT2D eigenvalue weighted by molar-refractivity contribution is -0.123. The third-order valence-electron chi connectivity index (χ3n) is 6.52. The van der Waals surface area contributed by atoms with E-state index in [4.69, 9.17) is 9.88 Å². The molecular weight excluding hydrogens is 562 g/mol. The first-order valence-corrected chi connectivity index (χ1v) is 13.8. The van der Waals surface area contributed by atoms with Crippen LogP contribution in [0.1, 0.15) is 42.4 Å². The highest BCUT2D eigenvalue weighted by molar-refractivity contribution is 7.89. The summed E-state index contributed by atoms with van der Waals surface area (Å²) in [5.74, 6) is -4.51. The summed E-state index contributed by atoms with van der Waals surface area (Å²) < 4.78 is 57.0. The van der Waals surface area contributed by atoms with E-state index in [0.29, 0.717) is 0 Å². The number of primary sulfonamides is 1. The van der Waals surface area contributed by atoms with Gasteiger partial charge in [-0.15, -0.1) is 0 Å². The summed E-state index contributed by atoms with van der Waals surface area (Å²) in [6.07, 6.45) is 0.619. The maximum atomic E-state index is 14.5. The molecule has 2 aromatic rings. The predicted octanol–water partition coefficient (Wildman–Crippen LogP) is 2.27. The number of nitrogens with one attached hydrogen (secondary N) is 1. The Morgan fingerprint density at radius 1 is 1.10 bits per heavy atom. The lowest BCUT2D eigenvalue weighted by atomic mass is 9.95. The Morgan fingerprint density at radius 3 is 2.27 bits per heavy atom. The molecule has 0 bridgehead atoms. The number of nitrogens with zero attached hydrogens (tertiary/aromatic N) is 4. The molecule has 0 radical (unpaired) electrons. The van der Waals surface area contributed by atoms with Crippen LogP contribution in [0.4, 0.5) is 19.3 Å². The highest BCUT2D eigenvalue weighted by Gasteiger charge is 2.36. The van der Waals surface area contributed by atoms with Gasteiger partial charge in [-0.2, -0.15) is 5.26 Å². The average Bonchev–Trinajstić information content (AvgIpc) is 3.47. The molecule has 0 fully saturated rings. The van der Waals surface area contributed by atoms with Gasteiger partial charge in [-0.05, 0) is 29.3 Å². The fourth-order valence-corrected chi connectivity index (χ4v) is 4.85. The number of pyridine rings is 1. The lowest BCUT2D eigenvalue weighted by Crippen LogP contribution is -2.37. The highest BCUT2D eigenvalue weighted by Crippen LogP contribution is 2.29. The molecule has 1 aromatic heterocycles. The summed E-state index contributed by atoms with van der Waals surface area (Å²) in [6.45, 7) is 5.24. The molecule has 0 unspecified atom stereocenters. The van der Waals surface area contributed by atoms with E-state index >= 15 is 0 Å². The molecular formula is C26H26F2N6O6S. The maximum Gasteiger partial charge on any atom is 0.410 e. The summed E-state index contributed by atoms with van der Waals surface area (Å²) in [5, 5.41) is 16.8. The normalized spacial score (nSPS) is 15.0. The van der Waals surface area contributed by atoms with Gasteiger partial charge < -0.3 is 19.9 Å². The van der Waals surface area contributed by atoms with E-state index in [1.165, 1.54) is 22.1 Å². The van der Waals surface area contributed by atoms with Crippen LogP contribution in [0.3, 0.4) is 0 Å². The molecule has 1 aromatic carbocycles. The minimum atomic E-state index is -4.52. The standard InChI is InChI=1S/C26H26F2N6O6S/c1-26(2,3)24(36)32-18-6-14(7-29)8-31-19(18)13-40-25(37)34-11-15-9-33(10-16(15)12-34)23(35)17-4-5-20(41(30,38)39)22(28)21(17)27/h4-6,8H,9-13H2,1-3H3,(H,32,36)(H2,30,38,39). The SMILES string of the molecule is CC(C)(C)C(=O)Nc1cc(C#N)cnc1COC(=O)N1CC2=C(C1)CN(C(=O)c1ccc(S(N)(=O)=O)c(F)c1F)C2. The first-order valence-electron chi connectivity index (χ1n) is 12.2. The maximum absolute atomic E-state index is 14.5. The van der Waals surface area contributed by atoms with Gasteiger partial charge in [-0.3, -0.25) is 14.6 Å². The zero-order chi connectivity index (χ0) is 30.3. The fourth-order valence-electron chi connectivity index (χ4n) is 4.25. The van der Waals surface area contributed by atoms with E-state index in [-0.39, 0.29) is 55.6 Å². The molecule has 2 aliphatic rings. The molecule has 0 saturated carbocycles. The highest BCUT2D eigenvalue weighted by atomic mass is 32.2. The number of sulfonamides is 1. The fraction of sp³-hybridized carbons (Fsp3) is 0.346. The van der Waals surface area contributed by atoms with E-state index in [2.05, 4.69) is 10.3 Å². The molecule has 3 heterocycles. The van der Waals surface area contributed by atoms with Crippen molar-refractivity contribution in [2.45, 2.75) is 32.3 Å². The number of nitriles is 1. The topological polar surface area (TPSA) is 176 Å². The quantitative estimate of drug-likeness (QED) is 0.500. The number of nitrogens with two attached hydrogens (primary N) is 1. The van der Waals surface area contributed by atoms with Gasteiger partial charge in [0.25, 0.3) is 5.91 Å². The zero-order valence-corrected chi connectivity index (χ0v) is 23.1. The molecule has 12 nitrogen and oxygen atoms in total. The van der Waals surface area contributed by atoms with Gasteiger partial charge >= 0.3 is 6.09 Å². The Hall–Kier alpha value is -4.42. The second-order valence-electron chi connectivity index (χ2n) is 10.6. The van der Waals surface area contributed by atoms with Crippen molar-refractivity contribution in [1.82, 2.24) is 14.8 Å². The second kappa shape index (κ2) is 10.9. The van der Waals surface area contributed by atoms with Crippen LogP contribution in [-0.2, 0) is 26.2 Å². The summed E-state index contributed by atoms with van der Waals surface area (Å²) in [6, 6.07) is 4.98. The third kappa shape index (κ3) is 6.18. The largest absolute Gasteiger partial charge is 0.443 e. The van der Waals surface area contributed by atoms with Crippen LogP contribution in [0.2, 0.25) is 0 Å². The Kier molecular flexibility index (Phi) is 7.83. The van der Waals surface area contributed by atoms with Crippen LogP contribution in [0.25, 0.3) is 0 Å². The van der Waals surface area contributed by atoms with Gasteiger partial charge in [-0.1, -0.05) is 20.8 Å². The lowest BCUT2D eigenvalue weighted by Gasteiger charge is -2.23. The van der Waals surface area contributed by atoms with E-state index < -0.39 is 49.5 Å². The molecule has 3 amide bonds. The number of amides is 3. The Bertz CT molecular complexity index is 1630. The van der Waals surface area contributed by atoms with Crippen molar-refractivity contribution >= 4 is 33.6 Å². The van der Waals surface area contributed by atoms with Crippen molar-refractivity contribution in [2.24, 2.45) is 10.6 Å². The molecule has 0 atom stereocenters. The van der Waals surface area contributed by atoms with Crippen LogP contribution < -0.4 is 10.5 Å². The first kappa shape index (κ1) is 29.6. The number of carbonyl (C=O) groups excluding carboxylic acids is 3. The van der Waals surface area contributed by atoms with E-state index in [0.717, 1.165) is 23.3 Å². The number of rotatable bonds is 5. The number of hydrogen-bond donors (Lipinski definition) is 2. The molecule has 216 valence electrons. The van der Waals surface area contributed by atoms with Crippen molar-refractivity contribution in [1.29, 1.82) is 5.26 Å². The summed E-state index contributed by atoms with van der Waals surface area (Å²) in [7, 11) is -4.52. The molecule has 15 heteroatoms. The van der Waals surface area contributed by atoms with Crippen LogP contribution in [0.15, 0.2) is 40.4 Å². The zero-order valence-electron chi connectivity index (χ0n) is 22.3. The minimum absolute atomic E-state index is 0.0517. The van der Waals surface area contributed by atoms with E-state index in [1.807, 2.05) is 6.07 Å². The van der Waals surface area contributed by atoms with Crippen molar-refractivity contribution in [3.63, 3.8) is 0 Å². The van der Waals surface area contributed by atoms with Crippen molar-refractivity contribution in [3.8, 4) is 6.07 Å². The number of halogens is 2.